The standard InChI is InChI=1S/C18H20ClNO/c1-9-10(2)12(4)17(13(5)11(9)3)18(21)14-6-7-16(20)15(19)8-14/h6-8H,20H2,1-5H3. The third kappa shape index (κ3) is 2.56. The lowest BCUT2D eigenvalue weighted by molar-refractivity contribution is 0.103. The number of ketones is 1. The van der Waals surface area contributed by atoms with Gasteiger partial charge < -0.3 is 5.73 Å². The molecule has 0 amide bonds. The zero-order valence-electron chi connectivity index (χ0n) is 13.1. The molecule has 0 bridgehead atoms. The number of benzene rings is 2. The first-order valence-electron chi connectivity index (χ1n) is 6.92. The van der Waals surface area contributed by atoms with E-state index in [1.165, 1.54) is 16.7 Å². The Morgan fingerprint density at radius 2 is 1.38 bits per heavy atom. The maximum atomic E-state index is 12.9. The van der Waals surface area contributed by atoms with Crippen LogP contribution in [0.1, 0.15) is 43.7 Å². The van der Waals surface area contributed by atoms with Gasteiger partial charge in [0.25, 0.3) is 0 Å². The second-order valence-corrected chi connectivity index (χ2v) is 5.97. The van der Waals surface area contributed by atoms with Gasteiger partial charge in [-0.15, -0.1) is 0 Å². The summed E-state index contributed by atoms with van der Waals surface area (Å²) in [6, 6.07) is 5.05. The molecule has 0 aliphatic heterocycles. The van der Waals surface area contributed by atoms with Gasteiger partial charge in [-0.25, -0.2) is 0 Å². The van der Waals surface area contributed by atoms with Crippen LogP contribution in [0.3, 0.4) is 0 Å². The van der Waals surface area contributed by atoms with Crippen molar-refractivity contribution >= 4 is 23.1 Å². The van der Waals surface area contributed by atoms with Crippen LogP contribution < -0.4 is 5.73 Å². The average Bonchev–Trinajstić information content (AvgIpc) is 2.46. The summed E-state index contributed by atoms with van der Waals surface area (Å²) in [6.45, 7) is 10.2. The predicted molar refractivity (Wildman–Crippen MR) is 89.4 cm³/mol. The van der Waals surface area contributed by atoms with Crippen LogP contribution in [0.4, 0.5) is 5.69 Å². The monoisotopic (exact) mass is 301 g/mol. The quantitative estimate of drug-likeness (QED) is 0.645. The molecule has 0 aliphatic rings. The van der Waals surface area contributed by atoms with Gasteiger partial charge >= 0.3 is 0 Å². The lowest BCUT2D eigenvalue weighted by Crippen LogP contribution is -2.10. The van der Waals surface area contributed by atoms with Crippen LogP contribution in [0.5, 0.6) is 0 Å². The first kappa shape index (κ1) is 15.6. The number of halogens is 1. The van der Waals surface area contributed by atoms with Crippen LogP contribution in [0.2, 0.25) is 5.02 Å². The van der Waals surface area contributed by atoms with Crippen molar-refractivity contribution in [1.29, 1.82) is 0 Å². The number of rotatable bonds is 2. The van der Waals surface area contributed by atoms with E-state index < -0.39 is 0 Å². The topological polar surface area (TPSA) is 43.1 Å². The van der Waals surface area contributed by atoms with Gasteiger partial charge in [-0.2, -0.15) is 0 Å². The minimum atomic E-state index is -0.00176. The largest absolute Gasteiger partial charge is 0.398 e. The van der Waals surface area contributed by atoms with Crippen LogP contribution >= 0.6 is 11.6 Å². The second kappa shape index (κ2) is 5.53. The number of anilines is 1. The highest BCUT2D eigenvalue weighted by Crippen LogP contribution is 2.29. The van der Waals surface area contributed by atoms with Crippen molar-refractivity contribution in [3.8, 4) is 0 Å². The molecule has 0 spiro atoms. The third-order valence-electron chi connectivity index (χ3n) is 4.49. The molecule has 21 heavy (non-hydrogen) atoms. The highest BCUT2D eigenvalue weighted by atomic mass is 35.5. The van der Waals surface area contributed by atoms with Gasteiger partial charge in [0.05, 0.1) is 10.7 Å². The van der Waals surface area contributed by atoms with Crippen LogP contribution in [-0.2, 0) is 0 Å². The highest BCUT2D eigenvalue weighted by molar-refractivity contribution is 6.33. The van der Waals surface area contributed by atoms with E-state index in [9.17, 15) is 4.79 Å². The Labute approximate surface area is 130 Å². The van der Waals surface area contributed by atoms with E-state index >= 15 is 0 Å². The lowest BCUT2D eigenvalue weighted by Gasteiger charge is -2.18. The van der Waals surface area contributed by atoms with E-state index in [-0.39, 0.29) is 5.78 Å². The molecule has 3 heteroatoms. The molecule has 2 N–H and O–H groups in total. The van der Waals surface area contributed by atoms with Crippen molar-refractivity contribution in [2.45, 2.75) is 34.6 Å². The zero-order chi connectivity index (χ0) is 15.9. The van der Waals surface area contributed by atoms with Crippen molar-refractivity contribution in [1.82, 2.24) is 0 Å². The SMILES string of the molecule is Cc1c(C)c(C)c(C(=O)c2ccc(N)c(Cl)c2)c(C)c1C. The highest BCUT2D eigenvalue weighted by Gasteiger charge is 2.19. The molecule has 2 nitrogen and oxygen atoms in total. The summed E-state index contributed by atoms with van der Waals surface area (Å²) >= 11 is 6.04. The molecule has 0 aromatic heterocycles. The number of hydrogen-bond donors (Lipinski definition) is 1. The van der Waals surface area contributed by atoms with Crippen molar-refractivity contribution in [2.24, 2.45) is 0 Å². The minimum Gasteiger partial charge on any atom is -0.398 e. The molecule has 110 valence electrons. The summed E-state index contributed by atoms with van der Waals surface area (Å²) < 4.78 is 0. The van der Waals surface area contributed by atoms with Crippen molar-refractivity contribution in [3.63, 3.8) is 0 Å². The van der Waals surface area contributed by atoms with Crippen LogP contribution in [0.25, 0.3) is 0 Å². The number of carbonyl (C=O) groups excluding carboxylic acids is 1. The maximum absolute atomic E-state index is 12.9. The lowest BCUT2D eigenvalue weighted by atomic mass is 9.86. The summed E-state index contributed by atoms with van der Waals surface area (Å²) in [5, 5.41) is 0.414. The smallest absolute Gasteiger partial charge is 0.193 e. The Hall–Kier alpha value is -1.80. The Morgan fingerprint density at radius 1 is 0.905 bits per heavy atom. The summed E-state index contributed by atoms with van der Waals surface area (Å²) in [7, 11) is 0. The second-order valence-electron chi connectivity index (χ2n) is 5.57. The Kier molecular flexibility index (Phi) is 4.11. The fourth-order valence-corrected chi connectivity index (χ4v) is 2.83. The molecule has 2 aromatic rings. The molecule has 0 saturated carbocycles. The van der Waals surface area contributed by atoms with Crippen LogP contribution in [0.15, 0.2) is 18.2 Å². The van der Waals surface area contributed by atoms with E-state index in [1.807, 2.05) is 13.8 Å². The molecule has 2 rings (SSSR count). The summed E-state index contributed by atoms with van der Waals surface area (Å²) in [5.41, 5.74) is 13.2. The van der Waals surface area contributed by atoms with E-state index in [2.05, 4.69) is 20.8 Å². The molecular weight excluding hydrogens is 282 g/mol. The molecule has 0 heterocycles. The molecule has 2 aromatic carbocycles. The Balaban J connectivity index is 2.66. The van der Waals surface area contributed by atoms with Gasteiger partial charge in [-0.3, -0.25) is 4.79 Å². The van der Waals surface area contributed by atoms with Crippen molar-refractivity contribution < 1.29 is 4.79 Å². The Bertz CT molecular complexity index is 718. The number of carbonyl (C=O) groups is 1. The molecule has 0 atom stereocenters. The molecule has 0 fully saturated rings. The van der Waals surface area contributed by atoms with Gasteiger partial charge in [0, 0.05) is 11.1 Å². The normalized spacial score (nSPS) is 10.8. The average molecular weight is 302 g/mol. The van der Waals surface area contributed by atoms with Crippen LogP contribution in [0, 0.1) is 34.6 Å². The fraction of sp³-hybridized carbons (Fsp3) is 0.278. The van der Waals surface area contributed by atoms with Gasteiger partial charge in [-0.1, -0.05) is 11.6 Å². The van der Waals surface area contributed by atoms with E-state index in [4.69, 9.17) is 17.3 Å². The number of nitrogens with two attached hydrogens (primary N) is 1. The van der Waals surface area contributed by atoms with E-state index in [0.717, 1.165) is 16.7 Å². The van der Waals surface area contributed by atoms with Gasteiger partial charge in [0.2, 0.25) is 0 Å². The van der Waals surface area contributed by atoms with E-state index in [1.54, 1.807) is 18.2 Å². The van der Waals surface area contributed by atoms with Gasteiger partial charge in [0.15, 0.2) is 5.78 Å². The first-order chi connectivity index (χ1) is 9.75. The maximum Gasteiger partial charge on any atom is 0.193 e. The predicted octanol–water partition coefficient (Wildman–Crippen LogP) is 4.70. The molecule has 0 aliphatic carbocycles. The van der Waals surface area contributed by atoms with Gasteiger partial charge in [0.1, 0.15) is 0 Å². The zero-order valence-corrected chi connectivity index (χ0v) is 13.9. The molecule has 0 radical (unpaired) electrons. The summed E-state index contributed by atoms with van der Waals surface area (Å²) in [6.07, 6.45) is 0. The third-order valence-corrected chi connectivity index (χ3v) is 4.82. The van der Waals surface area contributed by atoms with E-state index in [0.29, 0.717) is 16.3 Å². The van der Waals surface area contributed by atoms with Crippen molar-refractivity contribution in [3.05, 3.63) is 62.2 Å². The Morgan fingerprint density at radius 3 is 1.86 bits per heavy atom. The number of hydrogen-bond acceptors (Lipinski definition) is 2. The molecular formula is C18H20ClNO. The minimum absolute atomic E-state index is 0.00176. The molecule has 0 saturated heterocycles. The fourth-order valence-electron chi connectivity index (χ4n) is 2.65. The first-order valence-corrected chi connectivity index (χ1v) is 7.30. The summed E-state index contributed by atoms with van der Waals surface area (Å²) in [4.78, 5) is 12.9. The van der Waals surface area contributed by atoms with Crippen LogP contribution in [-0.4, -0.2) is 5.78 Å². The number of nitrogen functional groups attached to an aromatic ring is 1. The van der Waals surface area contributed by atoms with Crippen molar-refractivity contribution in [2.75, 3.05) is 5.73 Å². The molecule has 0 unspecified atom stereocenters. The summed E-state index contributed by atoms with van der Waals surface area (Å²) in [5.74, 6) is -0.00176. The van der Waals surface area contributed by atoms with Gasteiger partial charge in [-0.05, 0) is 80.6 Å².